The van der Waals surface area contributed by atoms with Gasteiger partial charge in [-0.1, -0.05) is 12.1 Å². The van der Waals surface area contributed by atoms with Crippen molar-refractivity contribution in [1.29, 1.82) is 0 Å². The van der Waals surface area contributed by atoms with E-state index >= 15 is 0 Å². The molecule has 9 nitrogen and oxygen atoms in total. The lowest BCUT2D eigenvalue weighted by Gasteiger charge is -2.09. The van der Waals surface area contributed by atoms with Crippen molar-refractivity contribution in [3.63, 3.8) is 0 Å². The van der Waals surface area contributed by atoms with Gasteiger partial charge in [-0.15, -0.1) is 5.10 Å². The first-order chi connectivity index (χ1) is 16.1. The second kappa shape index (κ2) is 8.65. The molecule has 0 aliphatic heterocycles. The van der Waals surface area contributed by atoms with E-state index in [9.17, 15) is 14.0 Å². The van der Waals surface area contributed by atoms with Crippen LogP contribution in [0.1, 0.15) is 29.0 Å². The first-order valence-electron chi connectivity index (χ1n) is 10.4. The number of carbonyl (C=O) groups excluding carboxylic acids is 2. The van der Waals surface area contributed by atoms with Crippen LogP contribution in [-0.2, 0) is 11.5 Å². The lowest BCUT2D eigenvalue weighted by atomic mass is 10.2. The minimum Gasteiger partial charge on any atom is -0.438 e. The molecule has 33 heavy (non-hydrogen) atoms. The lowest BCUT2D eigenvalue weighted by Crippen LogP contribution is -2.14. The summed E-state index contributed by atoms with van der Waals surface area (Å²) in [5, 5.41) is 9.88. The largest absolute Gasteiger partial charge is 0.438 e. The van der Waals surface area contributed by atoms with Gasteiger partial charge in [0.2, 0.25) is 11.8 Å². The highest BCUT2D eigenvalue weighted by molar-refractivity contribution is 6.03. The van der Waals surface area contributed by atoms with Crippen molar-refractivity contribution >= 4 is 29.0 Å². The maximum atomic E-state index is 12.8. The fourth-order valence-electron chi connectivity index (χ4n) is 3.19. The lowest BCUT2D eigenvalue weighted by molar-refractivity contribution is -0.117. The van der Waals surface area contributed by atoms with E-state index in [1.54, 1.807) is 48.7 Å². The molecule has 2 amide bonds. The number of fused-ring (bicyclic) bond motifs is 1. The normalized spacial score (nSPS) is 13.0. The highest BCUT2D eigenvalue weighted by Gasteiger charge is 2.30. The molecule has 10 heteroatoms. The quantitative estimate of drug-likeness (QED) is 0.444. The van der Waals surface area contributed by atoms with Gasteiger partial charge in [0.15, 0.2) is 11.5 Å². The third-order valence-electron chi connectivity index (χ3n) is 4.99. The standard InChI is InChI=1S/C23H19FN6O3/c24-12-16-4-2-6-18(25-16)23(32)26-15-3-1-5-17(11-15)33-21-10-9-20-27-19(13-30(20)29-21)28-22(31)14-7-8-14/h1-6,9-11,13-14H,7-8,12H2,(H,26,32)(H,28,31). The molecule has 1 saturated carbocycles. The van der Waals surface area contributed by atoms with Crippen molar-refractivity contribution in [2.45, 2.75) is 19.5 Å². The minimum atomic E-state index is -0.743. The van der Waals surface area contributed by atoms with Gasteiger partial charge in [-0.3, -0.25) is 9.59 Å². The Bertz CT molecular complexity index is 1350. The third kappa shape index (κ3) is 4.79. The van der Waals surface area contributed by atoms with Crippen molar-refractivity contribution in [3.05, 3.63) is 72.2 Å². The Morgan fingerprint density at radius 3 is 2.73 bits per heavy atom. The summed E-state index contributed by atoms with van der Waals surface area (Å²) in [5.74, 6) is 0.791. The van der Waals surface area contributed by atoms with Gasteiger partial charge < -0.3 is 15.4 Å². The van der Waals surface area contributed by atoms with Crippen LogP contribution >= 0.6 is 0 Å². The number of nitrogens with zero attached hydrogens (tertiary/aromatic N) is 4. The highest BCUT2D eigenvalue weighted by Crippen LogP contribution is 2.30. The van der Waals surface area contributed by atoms with Gasteiger partial charge in [-0.25, -0.2) is 18.9 Å². The Morgan fingerprint density at radius 2 is 1.91 bits per heavy atom. The second-order valence-electron chi connectivity index (χ2n) is 7.60. The van der Waals surface area contributed by atoms with Crippen LogP contribution < -0.4 is 15.4 Å². The molecule has 0 spiro atoms. The minimum absolute atomic E-state index is 0.0274. The van der Waals surface area contributed by atoms with Crippen molar-refractivity contribution in [2.24, 2.45) is 5.92 Å². The second-order valence-corrected chi connectivity index (χ2v) is 7.60. The molecule has 1 fully saturated rings. The number of hydrogen-bond acceptors (Lipinski definition) is 6. The van der Waals surface area contributed by atoms with Gasteiger partial charge in [0.25, 0.3) is 5.91 Å². The molecule has 4 aromatic rings. The average Bonchev–Trinajstić information content (AvgIpc) is 3.60. The number of aromatic nitrogens is 4. The molecule has 0 atom stereocenters. The summed E-state index contributed by atoms with van der Waals surface area (Å²) in [7, 11) is 0. The molecule has 2 N–H and O–H groups in total. The first-order valence-corrected chi connectivity index (χ1v) is 10.4. The number of benzene rings is 1. The van der Waals surface area contributed by atoms with Gasteiger partial charge in [-0.05, 0) is 43.2 Å². The Labute approximate surface area is 187 Å². The predicted octanol–water partition coefficient (Wildman–Crippen LogP) is 3.99. The van der Waals surface area contributed by atoms with Crippen LogP contribution in [-0.4, -0.2) is 31.4 Å². The summed E-state index contributed by atoms with van der Waals surface area (Å²) in [6.07, 6.45) is 3.45. The van der Waals surface area contributed by atoms with Crippen LogP contribution in [0.2, 0.25) is 0 Å². The molecule has 5 rings (SSSR count). The molecule has 0 unspecified atom stereocenters. The number of rotatable bonds is 7. The number of ether oxygens (including phenoxy) is 1. The van der Waals surface area contributed by atoms with Crippen LogP contribution in [0.4, 0.5) is 15.9 Å². The number of hydrogen-bond donors (Lipinski definition) is 2. The van der Waals surface area contributed by atoms with Gasteiger partial charge in [-0.2, -0.15) is 0 Å². The zero-order chi connectivity index (χ0) is 22.8. The summed E-state index contributed by atoms with van der Waals surface area (Å²) in [6, 6.07) is 14.8. The van der Waals surface area contributed by atoms with Gasteiger partial charge in [0, 0.05) is 23.7 Å². The predicted molar refractivity (Wildman–Crippen MR) is 118 cm³/mol. The molecule has 0 bridgehead atoms. The van der Waals surface area contributed by atoms with Crippen LogP contribution in [0.3, 0.4) is 0 Å². The van der Waals surface area contributed by atoms with Crippen LogP contribution in [0.5, 0.6) is 11.6 Å². The Balaban J connectivity index is 1.28. The topological polar surface area (TPSA) is 111 Å². The van der Waals surface area contributed by atoms with Crippen molar-refractivity contribution in [2.75, 3.05) is 10.6 Å². The average molecular weight is 446 g/mol. The van der Waals surface area contributed by atoms with Gasteiger partial charge in [0.1, 0.15) is 18.1 Å². The number of nitrogens with one attached hydrogen (secondary N) is 2. The number of anilines is 2. The van der Waals surface area contributed by atoms with Crippen LogP contribution in [0.15, 0.2) is 60.8 Å². The van der Waals surface area contributed by atoms with Crippen molar-refractivity contribution < 1.29 is 18.7 Å². The fraction of sp³-hybridized carbons (Fsp3) is 0.174. The molecule has 166 valence electrons. The summed E-state index contributed by atoms with van der Waals surface area (Å²) >= 11 is 0. The Morgan fingerprint density at radius 1 is 1.06 bits per heavy atom. The molecular formula is C23H19FN6O3. The van der Waals surface area contributed by atoms with Crippen LogP contribution in [0, 0.1) is 5.92 Å². The van der Waals surface area contributed by atoms with E-state index in [1.807, 2.05) is 0 Å². The monoisotopic (exact) mass is 446 g/mol. The number of amides is 2. The summed E-state index contributed by atoms with van der Waals surface area (Å²) in [5.41, 5.74) is 1.36. The third-order valence-corrected chi connectivity index (χ3v) is 4.99. The number of imidazole rings is 1. The van der Waals surface area contributed by atoms with E-state index in [-0.39, 0.29) is 23.2 Å². The Kier molecular flexibility index (Phi) is 5.39. The molecule has 0 saturated heterocycles. The number of carbonyl (C=O) groups is 2. The number of halogens is 1. The molecule has 1 aliphatic rings. The fourth-order valence-corrected chi connectivity index (χ4v) is 3.19. The first kappa shape index (κ1) is 20.6. The molecule has 3 aromatic heterocycles. The van der Waals surface area contributed by atoms with E-state index in [2.05, 4.69) is 25.7 Å². The molecule has 3 heterocycles. The van der Waals surface area contributed by atoms with E-state index in [1.165, 1.54) is 16.6 Å². The van der Waals surface area contributed by atoms with E-state index in [0.29, 0.717) is 28.8 Å². The number of pyridine rings is 1. The highest BCUT2D eigenvalue weighted by atomic mass is 19.1. The molecular weight excluding hydrogens is 427 g/mol. The smallest absolute Gasteiger partial charge is 0.274 e. The SMILES string of the molecule is O=C(Nc1cccc(Oc2ccc3nc(NC(=O)C4CC4)cn3n2)c1)c1cccc(CF)n1. The number of alkyl halides is 1. The molecule has 0 radical (unpaired) electrons. The Hall–Kier alpha value is -4.34. The summed E-state index contributed by atoms with van der Waals surface area (Å²) < 4.78 is 20.2. The van der Waals surface area contributed by atoms with Crippen LogP contribution in [0.25, 0.3) is 5.65 Å². The zero-order valence-corrected chi connectivity index (χ0v) is 17.4. The van der Waals surface area contributed by atoms with Gasteiger partial charge in [0.05, 0.1) is 11.9 Å². The maximum absolute atomic E-state index is 12.8. The maximum Gasteiger partial charge on any atom is 0.274 e. The molecule has 1 aliphatic carbocycles. The molecule has 1 aromatic carbocycles. The van der Waals surface area contributed by atoms with Gasteiger partial charge >= 0.3 is 0 Å². The summed E-state index contributed by atoms with van der Waals surface area (Å²) in [6.45, 7) is -0.743. The van der Waals surface area contributed by atoms with Crippen molar-refractivity contribution in [3.8, 4) is 11.6 Å². The van der Waals surface area contributed by atoms with Crippen molar-refractivity contribution in [1.82, 2.24) is 19.6 Å². The van der Waals surface area contributed by atoms with E-state index in [4.69, 9.17) is 4.74 Å². The van der Waals surface area contributed by atoms with E-state index in [0.717, 1.165) is 12.8 Å². The van der Waals surface area contributed by atoms with E-state index < -0.39 is 12.6 Å². The summed E-state index contributed by atoms with van der Waals surface area (Å²) in [4.78, 5) is 32.7. The zero-order valence-electron chi connectivity index (χ0n) is 17.4.